The maximum Gasteiger partial charge on any atom is 0.238 e. The fourth-order valence-corrected chi connectivity index (χ4v) is 5.48. The molecule has 4 heterocycles. The molecule has 1 aliphatic rings. The lowest BCUT2D eigenvalue weighted by atomic mass is 10.1. The van der Waals surface area contributed by atoms with Gasteiger partial charge in [-0.05, 0) is 92.3 Å². The van der Waals surface area contributed by atoms with Gasteiger partial charge in [-0.3, -0.25) is 19.6 Å². The Morgan fingerprint density at radius 3 is 2.60 bits per heavy atom. The van der Waals surface area contributed by atoms with E-state index in [1.165, 1.54) is 36.0 Å². The first-order chi connectivity index (χ1) is 20.4. The number of fused-ring (bicyclic) bond motifs is 1. The van der Waals surface area contributed by atoms with Gasteiger partial charge in [0.2, 0.25) is 17.0 Å². The summed E-state index contributed by atoms with van der Waals surface area (Å²) >= 11 is 1.40. The van der Waals surface area contributed by atoms with Crippen molar-refractivity contribution >= 4 is 52.1 Å². The Kier molecular flexibility index (Phi) is 7.84. The fourth-order valence-electron chi connectivity index (χ4n) is 4.74. The third-order valence-corrected chi connectivity index (χ3v) is 7.66. The lowest BCUT2D eigenvalue weighted by molar-refractivity contribution is -0.120. The van der Waals surface area contributed by atoms with Crippen LogP contribution in [-0.2, 0) is 9.59 Å². The fraction of sp³-hybridized carbons (Fsp3) is 0.207. The van der Waals surface area contributed by atoms with Crippen molar-refractivity contribution in [2.45, 2.75) is 23.4 Å². The highest BCUT2D eigenvalue weighted by Gasteiger charge is 2.29. The lowest BCUT2D eigenvalue weighted by Gasteiger charge is -2.16. The highest BCUT2D eigenvalue weighted by atomic mass is 32.2. The molecule has 0 unspecified atom stereocenters. The molecule has 0 aliphatic carbocycles. The molecule has 1 atom stereocenters. The summed E-state index contributed by atoms with van der Waals surface area (Å²) in [5.74, 6) is 0.447. The van der Waals surface area contributed by atoms with Crippen molar-refractivity contribution in [1.82, 2.24) is 29.7 Å². The number of halogens is 1. The molecule has 0 bridgehead atoms. The van der Waals surface area contributed by atoms with Crippen molar-refractivity contribution in [2.24, 2.45) is 5.92 Å². The third kappa shape index (κ3) is 6.58. The van der Waals surface area contributed by atoms with Crippen molar-refractivity contribution in [3.8, 4) is 0 Å². The quantitative estimate of drug-likeness (QED) is 0.196. The van der Waals surface area contributed by atoms with Crippen molar-refractivity contribution in [3.05, 3.63) is 84.4 Å². The normalized spacial score (nSPS) is 15.1. The maximum atomic E-state index is 13.1. The number of carbonyl (C=O) groups is 2. The molecule has 1 saturated heterocycles. The first kappa shape index (κ1) is 27.4. The van der Waals surface area contributed by atoms with E-state index in [1.807, 2.05) is 60.5 Å². The molecule has 5 aromatic rings. The monoisotopic (exact) mass is 585 g/mol. The molecule has 1 aliphatic heterocycles. The summed E-state index contributed by atoms with van der Waals surface area (Å²) in [6.07, 6.45) is 2.52. The first-order valence-electron chi connectivity index (χ1n) is 13.4. The molecular weight excluding hydrogens is 557 g/mol. The summed E-state index contributed by atoms with van der Waals surface area (Å²) < 4.78 is 14.9. The molecule has 0 saturated carbocycles. The molecule has 4 N–H and O–H groups in total. The smallest absolute Gasteiger partial charge is 0.238 e. The molecule has 0 spiro atoms. The van der Waals surface area contributed by atoms with Gasteiger partial charge in [-0.15, -0.1) is 5.10 Å². The minimum atomic E-state index is -0.355. The van der Waals surface area contributed by atoms with E-state index < -0.39 is 0 Å². The Labute approximate surface area is 244 Å². The van der Waals surface area contributed by atoms with Crippen LogP contribution < -0.4 is 16.0 Å². The average Bonchev–Trinajstić information content (AvgIpc) is 3.73. The van der Waals surface area contributed by atoms with E-state index in [-0.39, 0.29) is 30.1 Å². The molecule has 2 amide bonds. The van der Waals surface area contributed by atoms with Gasteiger partial charge in [-0.2, -0.15) is 5.10 Å². The molecule has 11 nitrogen and oxygen atoms in total. The van der Waals surface area contributed by atoms with E-state index in [0.717, 1.165) is 16.1 Å². The molecule has 42 heavy (non-hydrogen) atoms. The zero-order chi connectivity index (χ0) is 29.1. The molecular formula is C29H28FN9O2S. The Bertz CT molecular complexity index is 1720. The number of nitrogens with one attached hydrogen (secondary N) is 4. The number of aromatic nitrogens is 5. The van der Waals surface area contributed by atoms with Crippen LogP contribution in [0.1, 0.15) is 12.1 Å². The lowest BCUT2D eigenvalue weighted by Crippen LogP contribution is -2.33. The number of likely N-dealkylation sites (tertiary alicyclic amines) is 1. The Balaban J connectivity index is 1.02. The van der Waals surface area contributed by atoms with Gasteiger partial charge >= 0.3 is 0 Å². The predicted octanol–water partition coefficient (Wildman–Crippen LogP) is 4.69. The molecule has 6 rings (SSSR count). The van der Waals surface area contributed by atoms with E-state index in [9.17, 15) is 14.0 Å². The van der Waals surface area contributed by atoms with Crippen molar-refractivity contribution in [3.63, 3.8) is 0 Å². The van der Waals surface area contributed by atoms with Crippen molar-refractivity contribution in [1.29, 1.82) is 0 Å². The van der Waals surface area contributed by atoms with Crippen LogP contribution in [0, 0.1) is 18.7 Å². The van der Waals surface area contributed by atoms with Crippen LogP contribution in [0.15, 0.2) is 83.0 Å². The van der Waals surface area contributed by atoms with Crippen molar-refractivity contribution in [2.75, 3.05) is 35.6 Å². The third-order valence-electron chi connectivity index (χ3n) is 6.79. The first-order valence-corrected chi connectivity index (χ1v) is 14.2. The van der Waals surface area contributed by atoms with Gasteiger partial charge in [0.05, 0.1) is 12.5 Å². The van der Waals surface area contributed by atoms with Crippen LogP contribution in [0.5, 0.6) is 0 Å². The maximum absolute atomic E-state index is 13.1. The number of benzene rings is 2. The molecule has 2 aromatic carbocycles. The van der Waals surface area contributed by atoms with Gasteiger partial charge in [0.25, 0.3) is 0 Å². The van der Waals surface area contributed by atoms with E-state index >= 15 is 0 Å². The van der Waals surface area contributed by atoms with Crippen LogP contribution in [0.4, 0.5) is 27.4 Å². The molecule has 1 fully saturated rings. The number of amides is 2. The molecule has 13 heteroatoms. The summed E-state index contributed by atoms with van der Waals surface area (Å²) in [6, 6.07) is 18.9. The Morgan fingerprint density at radius 1 is 1.07 bits per heavy atom. The number of rotatable bonds is 9. The zero-order valence-electron chi connectivity index (χ0n) is 22.7. The number of hydrogen-bond donors (Lipinski definition) is 4. The minimum Gasteiger partial charge on any atom is -0.326 e. The second-order valence-electron chi connectivity index (χ2n) is 10.0. The molecule has 0 radical (unpaired) electrons. The van der Waals surface area contributed by atoms with Crippen molar-refractivity contribution < 1.29 is 14.0 Å². The highest BCUT2D eigenvalue weighted by Crippen LogP contribution is 2.29. The van der Waals surface area contributed by atoms with E-state index in [2.05, 4.69) is 31.2 Å². The Hall–Kier alpha value is -4.75. The second-order valence-corrected chi connectivity index (χ2v) is 11.1. The average molecular weight is 586 g/mol. The second kappa shape index (κ2) is 12.0. The highest BCUT2D eigenvalue weighted by molar-refractivity contribution is 7.99. The number of aromatic amines is 1. The topological polar surface area (TPSA) is 132 Å². The van der Waals surface area contributed by atoms with E-state index in [1.54, 1.807) is 4.52 Å². The van der Waals surface area contributed by atoms with Crippen LogP contribution in [0.25, 0.3) is 5.52 Å². The van der Waals surface area contributed by atoms with E-state index in [4.69, 9.17) is 4.98 Å². The zero-order valence-corrected chi connectivity index (χ0v) is 23.5. The van der Waals surface area contributed by atoms with Gasteiger partial charge < -0.3 is 16.0 Å². The van der Waals surface area contributed by atoms with Gasteiger partial charge in [-0.1, -0.05) is 0 Å². The number of hydrogen-bond acceptors (Lipinski definition) is 8. The van der Waals surface area contributed by atoms with Gasteiger partial charge in [0.1, 0.15) is 11.3 Å². The van der Waals surface area contributed by atoms with E-state index in [0.29, 0.717) is 47.7 Å². The van der Waals surface area contributed by atoms with Gasteiger partial charge in [-0.25, -0.2) is 13.9 Å². The summed E-state index contributed by atoms with van der Waals surface area (Å²) in [4.78, 5) is 32.8. The molecule has 3 aromatic heterocycles. The number of aryl methyl sites for hydroxylation is 1. The van der Waals surface area contributed by atoms with Crippen LogP contribution in [0.3, 0.4) is 0 Å². The summed E-state index contributed by atoms with van der Waals surface area (Å²) in [6.45, 7) is 3.25. The number of carbonyl (C=O) groups excluding carboxylic acids is 2. The number of H-pyrrole nitrogens is 1. The van der Waals surface area contributed by atoms with Crippen LogP contribution in [-0.4, -0.2) is 61.1 Å². The van der Waals surface area contributed by atoms with Gasteiger partial charge in [0.15, 0.2) is 11.6 Å². The van der Waals surface area contributed by atoms with Gasteiger partial charge in [0, 0.05) is 40.8 Å². The SMILES string of the molecule is Cc1cc(Nc2nc(Sc3ccc(NC(=O)CN4CC[C@@H](C(=O)Nc5ccc(F)cc5)C4)cc3)nn3cccc23)n[nH]1. The summed E-state index contributed by atoms with van der Waals surface area (Å²) in [5, 5.41) is 21.3. The van der Waals surface area contributed by atoms with Crippen LogP contribution in [0.2, 0.25) is 0 Å². The number of anilines is 4. The largest absolute Gasteiger partial charge is 0.326 e. The Morgan fingerprint density at radius 2 is 1.83 bits per heavy atom. The minimum absolute atomic E-state index is 0.128. The van der Waals surface area contributed by atoms with Crippen LogP contribution >= 0.6 is 11.8 Å². The summed E-state index contributed by atoms with van der Waals surface area (Å²) in [7, 11) is 0. The standard InChI is InChI=1S/C29H28FN9O2S/c1-18-15-25(36-35-18)33-27-24-3-2-13-39(24)37-29(34-27)42-23-10-8-21(9-11-23)31-26(40)17-38-14-12-19(16-38)28(41)32-22-6-4-20(30)5-7-22/h2-11,13,15,19H,12,14,16-17H2,1H3,(H,31,40)(H,32,41)(H2,33,34,35,36,37)/t19-/m1/s1. The predicted molar refractivity (Wildman–Crippen MR) is 158 cm³/mol. The number of nitrogens with zero attached hydrogens (tertiary/aromatic N) is 5. The summed E-state index contributed by atoms with van der Waals surface area (Å²) in [5.41, 5.74) is 3.00. The molecule has 214 valence electrons.